The summed E-state index contributed by atoms with van der Waals surface area (Å²) in [5.74, 6) is -5.10. The Labute approximate surface area is 171 Å². The molecule has 0 saturated carbocycles. The van der Waals surface area contributed by atoms with Crippen molar-refractivity contribution in [3.8, 4) is 5.75 Å². The number of aliphatic hydroxyl groups is 1. The summed E-state index contributed by atoms with van der Waals surface area (Å²) in [5, 5.41) is 13.1. The van der Waals surface area contributed by atoms with Gasteiger partial charge in [0.15, 0.2) is 5.78 Å². The van der Waals surface area contributed by atoms with Crippen molar-refractivity contribution in [2.24, 2.45) is 5.92 Å². The minimum Gasteiger partial charge on any atom is -0.480 e. The number of esters is 1. The summed E-state index contributed by atoms with van der Waals surface area (Å²) < 4.78 is 51.0. The third-order valence-electron chi connectivity index (χ3n) is 4.07. The molecule has 1 aromatic carbocycles. The Kier molecular flexibility index (Phi) is 5.28. The molecule has 0 spiro atoms. The predicted molar refractivity (Wildman–Crippen MR) is 97.0 cm³/mol. The van der Waals surface area contributed by atoms with Gasteiger partial charge in [0.1, 0.15) is 11.3 Å². The molecule has 0 bridgehead atoms. The Balaban J connectivity index is 1.85. The summed E-state index contributed by atoms with van der Waals surface area (Å²) in [7, 11) is 0. The molecule has 2 atom stereocenters. The number of hydrogen-bond donors (Lipinski definition) is 2. The summed E-state index contributed by atoms with van der Waals surface area (Å²) in [6.45, 7) is 2.84. The zero-order valence-electron chi connectivity index (χ0n) is 15.0. The van der Waals surface area contributed by atoms with Crippen molar-refractivity contribution in [2.75, 3.05) is 5.32 Å². The molecule has 7 nitrogen and oxygen atoms in total. The van der Waals surface area contributed by atoms with Gasteiger partial charge in [0.25, 0.3) is 11.7 Å². The second-order valence-electron chi connectivity index (χ2n) is 6.71. The van der Waals surface area contributed by atoms with E-state index in [9.17, 15) is 27.9 Å². The van der Waals surface area contributed by atoms with Gasteiger partial charge in [-0.1, -0.05) is 0 Å². The van der Waals surface area contributed by atoms with E-state index in [0.29, 0.717) is 5.69 Å². The molecule has 0 radical (unpaired) electrons. The van der Waals surface area contributed by atoms with Crippen molar-refractivity contribution in [3.63, 3.8) is 0 Å². The number of aliphatic hydroxyl groups excluding tert-OH is 1. The molecule has 0 saturated heterocycles. The van der Waals surface area contributed by atoms with Crippen LogP contribution in [0.25, 0.3) is 0 Å². The molecular weight excluding hydrogens is 463 g/mol. The number of benzene rings is 1. The van der Waals surface area contributed by atoms with E-state index in [4.69, 9.17) is 9.47 Å². The van der Waals surface area contributed by atoms with Gasteiger partial charge in [0, 0.05) is 19.5 Å². The van der Waals surface area contributed by atoms with E-state index in [2.05, 4.69) is 26.0 Å². The number of alkyl halides is 3. The van der Waals surface area contributed by atoms with E-state index >= 15 is 0 Å². The van der Waals surface area contributed by atoms with Gasteiger partial charge in [0.05, 0.1) is 16.4 Å². The Bertz CT molecular complexity index is 907. The minimum absolute atomic E-state index is 0.162. The van der Waals surface area contributed by atoms with Crippen molar-refractivity contribution in [1.29, 1.82) is 0 Å². The maximum atomic E-state index is 12.6. The number of halogens is 4. The van der Waals surface area contributed by atoms with Crippen LogP contribution in [0.2, 0.25) is 0 Å². The zero-order valence-corrected chi connectivity index (χ0v) is 16.6. The quantitative estimate of drug-likeness (QED) is 0.634. The first-order valence-corrected chi connectivity index (χ1v) is 9.05. The van der Waals surface area contributed by atoms with Crippen LogP contribution in [0.3, 0.4) is 0 Å². The van der Waals surface area contributed by atoms with E-state index in [1.54, 1.807) is 0 Å². The monoisotopic (exact) mass is 477 g/mol. The predicted octanol–water partition coefficient (Wildman–Crippen LogP) is 3.92. The Morgan fingerprint density at radius 3 is 2.34 bits per heavy atom. The molecule has 0 fully saturated rings. The van der Waals surface area contributed by atoms with Gasteiger partial charge in [-0.05, 0) is 46.3 Å². The smallest absolute Gasteiger partial charge is 0.480 e. The Morgan fingerprint density at radius 1 is 1.17 bits per heavy atom. The fourth-order valence-corrected chi connectivity index (χ4v) is 3.49. The number of cyclic esters (lactones) is 1. The second kappa shape index (κ2) is 7.29. The molecule has 3 rings (SSSR count). The zero-order chi connectivity index (χ0) is 21.6. The largest absolute Gasteiger partial charge is 0.573 e. The summed E-state index contributed by atoms with van der Waals surface area (Å²) in [5.41, 5.74) is 0.000777. The fourth-order valence-electron chi connectivity index (χ4n) is 2.96. The van der Waals surface area contributed by atoms with E-state index in [-0.39, 0.29) is 10.1 Å². The molecule has 11 heteroatoms. The number of ether oxygens (including phenoxy) is 3. The summed E-state index contributed by atoms with van der Waals surface area (Å²) in [4.78, 5) is 24.9. The lowest BCUT2D eigenvalue weighted by Crippen LogP contribution is -2.42. The highest BCUT2D eigenvalue weighted by atomic mass is 79.9. The summed E-state index contributed by atoms with van der Waals surface area (Å²) in [6.07, 6.45) is -3.34. The number of rotatable bonds is 4. The van der Waals surface area contributed by atoms with Gasteiger partial charge in [-0.15, -0.1) is 13.2 Å². The van der Waals surface area contributed by atoms with E-state index in [1.807, 2.05) is 0 Å². The molecule has 2 N–H and O–H groups in total. The molecule has 2 unspecified atom stereocenters. The lowest BCUT2D eigenvalue weighted by atomic mass is 9.91. The summed E-state index contributed by atoms with van der Waals surface area (Å²) >= 11 is 3.10. The molecule has 1 aliphatic carbocycles. The van der Waals surface area contributed by atoms with Crippen LogP contribution in [-0.2, 0) is 19.1 Å². The maximum absolute atomic E-state index is 12.6. The standard InChI is InChI=1S/C18H15BrF3NO6/c1-17(2)28-15(25)13(16(26)29-17)12-11(7-10(19)14(12)24)23-8-3-5-9(6-4-8)27-18(20,21)22/h3-7,11-12,23,25H,1-2H3. The summed E-state index contributed by atoms with van der Waals surface area (Å²) in [6, 6.07) is 4.02. The topological polar surface area (TPSA) is 94.1 Å². The Hall–Kier alpha value is -2.69. The first-order chi connectivity index (χ1) is 13.4. The highest BCUT2D eigenvalue weighted by Crippen LogP contribution is 2.38. The third kappa shape index (κ3) is 4.66. The molecule has 1 aromatic rings. The average molecular weight is 478 g/mol. The molecular formula is C18H15BrF3NO6. The number of Topliss-reactive ketones (excluding diaryl/α,β-unsaturated/α-hetero) is 1. The molecule has 156 valence electrons. The van der Waals surface area contributed by atoms with E-state index in [0.717, 1.165) is 12.1 Å². The fraction of sp³-hybridized carbons (Fsp3) is 0.333. The lowest BCUT2D eigenvalue weighted by molar-refractivity contribution is -0.274. The van der Waals surface area contributed by atoms with Gasteiger partial charge in [-0.25, -0.2) is 4.79 Å². The molecule has 0 aromatic heterocycles. The van der Waals surface area contributed by atoms with Crippen LogP contribution in [0.4, 0.5) is 18.9 Å². The van der Waals surface area contributed by atoms with E-state index in [1.165, 1.54) is 32.1 Å². The van der Waals surface area contributed by atoms with Crippen LogP contribution in [0.1, 0.15) is 13.8 Å². The number of carbonyl (C=O) groups excluding carboxylic acids is 2. The Morgan fingerprint density at radius 2 is 1.79 bits per heavy atom. The van der Waals surface area contributed by atoms with Gasteiger partial charge >= 0.3 is 12.3 Å². The molecule has 29 heavy (non-hydrogen) atoms. The number of anilines is 1. The van der Waals surface area contributed by atoms with Gasteiger partial charge in [-0.2, -0.15) is 0 Å². The molecule has 2 aliphatic rings. The van der Waals surface area contributed by atoms with Crippen molar-refractivity contribution in [2.45, 2.75) is 32.0 Å². The minimum atomic E-state index is -4.81. The third-order valence-corrected chi connectivity index (χ3v) is 4.72. The van der Waals surface area contributed by atoms with Gasteiger partial charge in [0.2, 0.25) is 0 Å². The number of nitrogens with one attached hydrogen (secondary N) is 1. The SMILES string of the molecule is CC1(C)OC(=O)C(C2C(=O)C(Br)=CC2Nc2ccc(OC(F)(F)F)cc2)=C(O)O1. The number of hydrogen-bond acceptors (Lipinski definition) is 7. The molecule has 0 amide bonds. The van der Waals surface area contributed by atoms with Crippen LogP contribution in [0, 0.1) is 5.92 Å². The molecule has 1 heterocycles. The van der Waals surface area contributed by atoms with Crippen LogP contribution in [0.15, 0.2) is 46.3 Å². The highest BCUT2D eigenvalue weighted by molar-refractivity contribution is 9.12. The van der Waals surface area contributed by atoms with Crippen molar-refractivity contribution < 1.29 is 42.1 Å². The van der Waals surface area contributed by atoms with Crippen LogP contribution in [0.5, 0.6) is 5.75 Å². The first kappa shape index (κ1) is 21.0. The van der Waals surface area contributed by atoms with Crippen LogP contribution in [-0.4, -0.2) is 35.1 Å². The normalized spacial score (nSPS) is 24.0. The lowest BCUT2D eigenvalue weighted by Gasteiger charge is -2.33. The number of allylic oxidation sites excluding steroid dienone is 1. The number of carbonyl (C=O) groups is 2. The van der Waals surface area contributed by atoms with Crippen LogP contribution >= 0.6 is 15.9 Å². The van der Waals surface area contributed by atoms with Crippen molar-refractivity contribution >= 4 is 33.4 Å². The van der Waals surface area contributed by atoms with Gasteiger partial charge in [-0.3, -0.25) is 4.79 Å². The number of ketones is 1. The first-order valence-electron chi connectivity index (χ1n) is 8.26. The van der Waals surface area contributed by atoms with Crippen molar-refractivity contribution in [3.05, 3.63) is 46.3 Å². The van der Waals surface area contributed by atoms with Gasteiger partial charge < -0.3 is 24.6 Å². The van der Waals surface area contributed by atoms with Crippen molar-refractivity contribution in [1.82, 2.24) is 0 Å². The van der Waals surface area contributed by atoms with E-state index < -0.39 is 47.6 Å². The maximum Gasteiger partial charge on any atom is 0.573 e. The second-order valence-corrected chi connectivity index (χ2v) is 7.56. The highest BCUT2D eigenvalue weighted by Gasteiger charge is 2.47. The molecule has 1 aliphatic heterocycles. The average Bonchev–Trinajstić information content (AvgIpc) is 2.81. The van der Waals surface area contributed by atoms with Crippen LogP contribution < -0.4 is 10.1 Å².